The zero-order valence-corrected chi connectivity index (χ0v) is 61.8. The molecule has 3 N–H and O–H groups in total. The molecule has 0 heterocycles. The Balaban J connectivity index is 5.26. The highest BCUT2D eigenvalue weighted by atomic mass is 31.2. The third-order valence-electron chi connectivity index (χ3n) is 17.2. The molecule has 0 bridgehead atoms. The number of aliphatic hydroxyl groups excluding tert-OH is 1. The average molecular weight is 1350 g/mol. The van der Waals surface area contributed by atoms with E-state index in [1.54, 1.807) is 0 Å². The minimum Gasteiger partial charge on any atom is -0.462 e. The molecule has 0 radical (unpaired) electrons. The molecule has 0 aliphatic heterocycles. The van der Waals surface area contributed by atoms with Crippen molar-refractivity contribution < 1.29 is 80.2 Å². The molecule has 6 atom stereocenters. The Morgan fingerprint density at radius 1 is 0.315 bits per heavy atom. The standard InChI is InChI=1S/C73H142O17P2/c1-8-10-11-12-13-14-15-16-17-22-28-33-42-49-56-72(77)90-69(61-84-71(76)55-48-41-36-35-39-46-53-66(7)9-2)63-88-92(81,82)86-59-67(74)58-85-91(79,80)87-62-68(89-73(78)57-50-43-34-29-24-19-21-26-31-38-45-52-65(5)6)60-83-70(75)54-47-40-32-27-23-18-20-25-30-37-44-51-64(3)4/h64-69,74H,8-63H2,1-7H3,(H,79,80)(H,81,82)/t66?,67-,68-,69-/m1/s1. The van der Waals surface area contributed by atoms with Crippen molar-refractivity contribution in [2.24, 2.45) is 17.8 Å². The van der Waals surface area contributed by atoms with E-state index in [0.717, 1.165) is 114 Å². The van der Waals surface area contributed by atoms with Crippen LogP contribution in [-0.2, 0) is 65.4 Å². The highest BCUT2D eigenvalue weighted by molar-refractivity contribution is 7.47. The van der Waals surface area contributed by atoms with Crippen LogP contribution in [0.5, 0.6) is 0 Å². The van der Waals surface area contributed by atoms with E-state index in [0.29, 0.717) is 25.7 Å². The Bertz CT molecular complexity index is 1800. The van der Waals surface area contributed by atoms with Crippen LogP contribution in [0.4, 0.5) is 0 Å². The number of carbonyl (C=O) groups excluding carboxylic acids is 4. The number of phosphoric acid groups is 2. The normalized spacial score (nSPS) is 14.4. The first-order valence-electron chi connectivity index (χ1n) is 37.9. The van der Waals surface area contributed by atoms with Crippen molar-refractivity contribution in [2.45, 2.75) is 388 Å². The molecule has 0 spiro atoms. The molecule has 546 valence electrons. The van der Waals surface area contributed by atoms with Crippen molar-refractivity contribution >= 4 is 39.5 Å². The first kappa shape index (κ1) is 90.1. The van der Waals surface area contributed by atoms with Crippen LogP contribution in [0, 0.1) is 17.8 Å². The summed E-state index contributed by atoms with van der Waals surface area (Å²) in [5, 5.41) is 10.6. The number of phosphoric ester groups is 2. The van der Waals surface area contributed by atoms with E-state index >= 15 is 0 Å². The summed E-state index contributed by atoms with van der Waals surface area (Å²) < 4.78 is 68.4. The molecule has 0 aromatic carbocycles. The van der Waals surface area contributed by atoms with E-state index in [1.165, 1.54) is 173 Å². The van der Waals surface area contributed by atoms with Gasteiger partial charge in [0, 0.05) is 25.7 Å². The number of hydrogen-bond acceptors (Lipinski definition) is 15. The van der Waals surface area contributed by atoms with Crippen LogP contribution in [0.25, 0.3) is 0 Å². The summed E-state index contributed by atoms with van der Waals surface area (Å²) in [6.45, 7) is 11.8. The van der Waals surface area contributed by atoms with Gasteiger partial charge in [-0.05, 0) is 43.4 Å². The van der Waals surface area contributed by atoms with Crippen LogP contribution >= 0.6 is 15.6 Å². The smallest absolute Gasteiger partial charge is 0.462 e. The molecule has 0 amide bonds. The number of aliphatic hydroxyl groups is 1. The third kappa shape index (κ3) is 65.4. The monoisotopic (exact) mass is 1350 g/mol. The Morgan fingerprint density at radius 3 is 0.826 bits per heavy atom. The van der Waals surface area contributed by atoms with Gasteiger partial charge in [0.15, 0.2) is 12.2 Å². The van der Waals surface area contributed by atoms with E-state index in [9.17, 15) is 43.2 Å². The lowest BCUT2D eigenvalue weighted by molar-refractivity contribution is -0.161. The van der Waals surface area contributed by atoms with Gasteiger partial charge in [-0.3, -0.25) is 37.3 Å². The third-order valence-corrected chi connectivity index (χ3v) is 19.1. The molecule has 0 saturated carbocycles. The highest BCUT2D eigenvalue weighted by Crippen LogP contribution is 2.45. The number of hydrogen-bond donors (Lipinski definition) is 3. The summed E-state index contributed by atoms with van der Waals surface area (Å²) >= 11 is 0. The first-order valence-corrected chi connectivity index (χ1v) is 40.9. The first-order chi connectivity index (χ1) is 44.3. The maximum atomic E-state index is 13.1. The summed E-state index contributed by atoms with van der Waals surface area (Å²) in [6.07, 6.45) is 48.5. The molecular weight excluding hydrogens is 1210 g/mol. The maximum absolute atomic E-state index is 13.1. The van der Waals surface area contributed by atoms with Gasteiger partial charge in [0.2, 0.25) is 0 Å². The van der Waals surface area contributed by atoms with E-state index < -0.39 is 97.5 Å². The van der Waals surface area contributed by atoms with Crippen molar-refractivity contribution in [3.8, 4) is 0 Å². The molecule has 0 aromatic heterocycles. The number of esters is 4. The summed E-state index contributed by atoms with van der Waals surface area (Å²) in [6, 6.07) is 0. The quantitative estimate of drug-likeness (QED) is 0.0222. The van der Waals surface area contributed by atoms with Crippen molar-refractivity contribution in [3.63, 3.8) is 0 Å². The Kier molecular flexibility index (Phi) is 62.4. The fourth-order valence-electron chi connectivity index (χ4n) is 11.0. The van der Waals surface area contributed by atoms with Crippen LogP contribution in [0.3, 0.4) is 0 Å². The minimum atomic E-state index is -4.95. The van der Waals surface area contributed by atoms with Crippen LogP contribution in [0.1, 0.15) is 370 Å². The van der Waals surface area contributed by atoms with Crippen molar-refractivity contribution in [2.75, 3.05) is 39.6 Å². The molecule has 17 nitrogen and oxygen atoms in total. The molecule has 0 rings (SSSR count). The molecule has 0 aromatic rings. The Morgan fingerprint density at radius 2 is 0.554 bits per heavy atom. The summed E-state index contributed by atoms with van der Waals surface area (Å²) in [7, 11) is -9.91. The van der Waals surface area contributed by atoms with E-state index in [2.05, 4.69) is 48.5 Å². The Hall–Kier alpha value is -1.94. The van der Waals surface area contributed by atoms with Crippen molar-refractivity contribution in [1.82, 2.24) is 0 Å². The molecular formula is C73H142O17P2. The lowest BCUT2D eigenvalue weighted by Crippen LogP contribution is -2.30. The summed E-state index contributed by atoms with van der Waals surface area (Å²) in [5.74, 6) is 0.146. The zero-order valence-electron chi connectivity index (χ0n) is 60.0. The van der Waals surface area contributed by atoms with Crippen LogP contribution in [0.2, 0.25) is 0 Å². The molecule has 3 unspecified atom stereocenters. The number of unbranched alkanes of at least 4 members (excludes halogenated alkanes) is 38. The molecule has 19 heteroatoms. The molecule has 0 aliphatic rings. The maximum Gasteiger partial charge on any atom is 0.472 e. The van der Waals surface area contributed by atoms with Gasteiger partial charge in [-0.15, -0.1) is 0 Å². The molecule has 0 fully saturated rings. The lowest BCUT2D eigenvalue weighted by atomic mass is 10.00. The SMILES string of the molecule is CCCCCCCCCCCCCCCCC(=O)O[C@H](COC(=O)CCCCCCCCC(C)CC)COP(=O)(O)OC[C@H](O)COP(=O)(O)OC[C@@H](COC(=O)CCCCCCCCCCCCCC(C)C)OC(=O)CCCCCCCCCCCCCC(C)C. The number of rotatable bonds is 71. The fourth-order valence-corrected chi connectivity index (χ4v) is 12.6. The molecule has 0 aliphatic carbocycles. The predicted octanol–water partition coefficient (Wildman–Crippen LogP) is 21.0. The van der Waals surface area contributed by atoms with Gasteiger partial charge in [0.1, 0.15) is 19.3 Å². The molecule has 92 heavy (non-hydrogen) atoms. The van der Waals surface area contributed by atoms with Crippen LogP contribution in [0.15, 0.2) is 0 Å². The van der Waals surface area contributed by atoms with Gasteiger partial charge in [0.05, 0.1) is 26.4 Å². The summed E-state index contributed by atoms with van der Waals surface area (Å²) in [5.41, 5.74) is 0. The molecule has 0 saturated heterocycles. The second kappa shape index (κ2) is 63.8. The van der Waals surface area contributed by atoms with E-state index in [1.807, 2.05) is 0 Å². The number of carbonyl (C=O) groups is 4. The highest BCUT2D eigenvalue weighted by Gasteiger charge is 2.30. The van der Waals surface area contributed by atoms with Crippen LogP contribution < -0.4 is 0 Å². The van der Waals surface area contributed by atoms with Gasteiger partial charge in [-0.25, -0.2) is 9.13 Å². The van der Waals surface area contributed by atoms with Gasteiger partial charge in [-0.1, -0.05) is 318 Å². The topological polar surface area (TPSA) is 237 Å². The second-order valence-corrected chi connectivity index (χ2v) is 30.4. The van der Waals surface area contributed by atoms with Gasteiger partial charge in [-0.2, -0.15) is 0 Å². The van der Waals surface area contributed by atoms with E-state index in [-0.39, 0.29) is 25.7 Å². The van der Waals surface area contributed by atoms with E-state index in [4.69, 9.17) is 37.0 Å². The zero-order chi connectivity index (χ0) is 68.0. The predicted molar refractivity (Wildman–Crippen MR) is 372 cm³/mol. The summed E-state index contributed by atoms with van der Waals surface area (Å²) in [4.78, 5) is 72.7. The van der Waals surface area contributed by atoms with Crippen molar-refractivity contribution in [1.29, 1.82) is 0 Å². The minimum absolute atomic E-state index is 0.106. The average Bonchev–Trinajstić information content (AvgIpc) is 3.16. The van der Waals surface area contributed by atoms with Crippen molar-refractivity contribution in [3.05, 3.63) is 0 Å². The Labute approximate surface area is 562 Å². The second-order valence-electron chi connectivity index (χ2n) is 27.5. The van der Waals surface area contributed by atoms with Gasteiger partial charge in [0.25, 0.3) is 0 Å². The lowest BCUT2D eigenvalue weighted by Gasteiger charge is -2.21. The van der Waals surface area contributed by atoms with Crippen LogP contribution in [-0.4, -0.2) is 96.7 Å². The number of ether oxygens (including phenoxy) is 4. The fraction of sp³-hybridized carbons (Fsp3) is 0.945. The van der Waals surface area contributed by atoms with Gasteiger partial charge >= 0.3 is 39.5 Å². The largest absolute Gasteiger partial charge is 0.472 e. The van der Waals surface area contributed by atoms with Gasteiger partial charge < -0.3 is 33.8 Å².